The largest absolute Gasteiger partial charge is 0.394 e. The molecule has 1 aliphatic rings. The van der Waals surface area contributed by atoms with Crippen molar-refractivity contribution < 1.29 is 39.8 Å². The summed E-state index contributed by atoms with van der Waals surface area (Å²) in [6, 6.07) is -0.814. The van der Waals surface area contributed by atoms with Crippen LogP contribution >= 0.6 is 0 Å². The molecule has 0 radical (unpaired) electrons. The van der Waals surface area contributed by atoms with Crippen LogP contribution in [0.1, 0.15) is 187 Å². The van der Waals surface area contributed by atoms with E-state index in [9.17, 15) is 30.3 Å². The van der Waals surface area contributed by atoms with E-state index in [1.165, 1.54) is 128 Å². The van der Waals surface area contributed by atoms with Crippen LogP contribution in [0.3, 0.4) is 0 Å². The standard InChI is InChI=1S/C43H81NO8/c1-3-5-7-9-11-12-13-14-15-16-17-18-19-20-21-22-23-24-25-27-28-30-32-37(46)36(44-39(47)33-31-29-26-10-8-6-4-2)35-51-43-42(50)41(49)40(48)38(34-45)52-43/h24-25,30,32,36-38,40-43,45-46,48-50H,3-23,26-29,31,33-35H2,1-2H3,(H,44,47)/b25-24+,32-30+. The number of carbonyl (C=O) groups is 1. The lowest BCUT2D eigenvalue weighted by Crippen LogP contribution is -2.60. The average Bonchev–Trinajstić information content (AvgIpc) is 3.14. The highest BCUT2D eigenvalue weighted by Gasteiger charge is 2.44. The fraction of sp³-hybridized carbons (Fsp3) is 0.884. The minimum Gasteiger partial charge on any atom is -0.394 e. The molecule has 7 atom stereocenters. The molecule has 0 aliphatic carbocycles. The van der Waals surface area contributed by atoms with Gasteiger partial charge < -0.3 is 40.3 Å². The van der Waals surface area contributed by atoms with Crippen molar-refractivity contribution in [3.05, 3.63) is 24.3 Å². The Balaban J connectivity index is 2.31. The molecule has 52 heavy (non-hydrogen) atoms. The van der Waals surface area contributed by atoms with Gasteiger partial charge in [-0.05, 0) is 32.1 Å². The highest BCUT2D eigenvalue weighted by atomic mass is 16.7. The van der Waals surface area contributed by atoms with E-state index in [2.05, 4.69) is 31.3 Å². The van der Waals surface area contributed by atoms with Gasteiger partial charge in [-0.2, -0.15) is 0 Å². The molecule has 1 rings (SSSR count). The van der Waals surface area contributed by atoms with Crippen molar-refractivity contribution in [1.82, 2.24) is 5.32 Å². The molecule has 0 spiro atoms. The molecule has 1 aliphatic heterocycles. The van der Waals surface area contributed by atoms with Crippen molar-refractivity contribution >= 4 is 5.91 Å². The lowest BCUT2D eigenvalue weighted by Gasteiger charge is -2.40. The van der Waals surface area contributed by atoms with Gasteiger partial charge in [0.1, 0.15) is 24.4 Å². The third-order valence-electron chi connectivity index (χ3n) is 10.3. The molecule has 1 saturated heterocycles. The Kier molecular flexibility index (Phi) is 32.0. The average molecular weight is 740 g/mol. The molecule has 0 bridgehead atoms. The number of hydrogen-bond acceptors (Lipinski definition) is 8. The number of hydrogen-bond donors (Lipinski definition) is 6. The van der Waals surface area contributed by atoms with Crippen LogP contribution in [-0.4, -0.2) is 87.5 Å². The van der Waals surface area contributed by atoms with E-state index < -0.39 is 49.5 Å². The number of nitrogens with one attached hydrogen (secondary N) is 1. The van der Waals surface area contributed by atoms with Crippen molar-refractivity contribution in [2.24, 2.45) is 0 Å². The second-order valence-corrected chi connectivity index (χ2v) is 15.1. The number of allylic oxidation sites excluding steroid dienone is 3. The van der Waals surface area contributed by atoms with E-state index >= 15 is 0 Å². The third kappa shape index (κ3) is 24.9. The van der Waals surface area contributed by atoms with E-state index in [1.807, 2.05) is 6.08 Å². The molecule has 0 saturated carbocycles. The summed E-state index contributed by atoms with van der Waals surface area (Å²) >= 11 is 0. The first-order chi connectivity index (χ1) is 25.3. The first-order valence-electron chi connectivity index (χ1n) is 21.6. The number of rotatable bonds is 35. The van der Waals surface area contributed by atoms with Crippen LogP contribution in [0.25, 0.3) is 0 Å². The van der Waals surface area contributed by atoms with Crippen LogP contribution in [0, 0.1) is 0 Å². The molecule has 9 nitrogen and oxygen atoms in total. The molecule has 6 N–H and O–H groups in total. The fourth-order valence-electron chi connectivity index (χ4n) is 6.76. The van der Waals surface area contributed by atoms with Crippen LogP contribution in [0.15, 0.2) is 24.3 Å². The predicted octanol–water partition coefficient (Wildman–Crippen LogP) is 8.33. The van der Waals surface area contributed by atoms with E-state index in [4.69, 9.17) is 9.47 Å². The first-order valence-corrected chi connectivity index (χ1v) is 21.6. The lowest BCUT2D eigenvalue weighted by molar-refractivity contribution is -0.302. The van der Waals surface area contributed by atoms with Crippen LogP contribution < -0.4 is 5.32 Å². The molecule has 306 valence electrons. The zero-order valence-electron chi connectivity index (χ0n) is 33.3. The Morgan fingerprint density at radius 3 is 1.62 bits per heavy atom. The van der Waals surface area contributed by atoms with Gasteiger partial charge in [-0.15, -0.1) is 0 Å². The van der Waals surface area contributed by atoms with Crippen LogP contribution in [0.4, 0.5) is 0 Å². The molecule has 7 unspecified atom stereocenters. The number of amides is 1. The second-order valence-electron chi connectivity index (χ2n) is 15.1. The second kappa shape index (κ2) is 34.2. The van der Waals surface area contributed by atoms with Crippen molar-refractivity contribution in [1.29, 1.82) is 0 Å². The molecule has 1 amide bonds. The van der Waals surface area contributed by atoms with Gasteiger partial charge >= 0.3 is 0 Å². The summed E-state index contributed by atoms with van der Waals surface area (Å²) in [4.78, 5) is 12.8. The SMILES string of the molecule is CCCCCCCCCCCCCCCCCC/C=C/CC/C=C/C(O)C(COC1OC(CO)C(O)C(O)C1O)NC(=O)CCCCCCCCC. The summed E-state index contributed by atoms with van der Waals surface area (Å²) in [6.07, 6.45) is 32.6. The predicted molar refractivity (Wildman–Crippen MR) is 212 cm³/mol. The Labute approximate surface area is 318 Å². The molecule has 0 aromatic heterocycles. The van der Waals surface area contributed by atoms with E-state index in [1.54, 1.807) is 6.08 Å². The zero-order chi connectivity index (χ0) is 38.1. The Morgan fingerprint density at radius 1 is 0.635 bits per heavy atom. The maximum atomic E-state index is 12.8. The van der Waals surface area contributed by atoms with Gasteiger partial charge in [0.15, 0.2) is 6.29 Å². The van der Waals surface area contributed by atoms with E-state index in [0.717, 1.165) is 38.5 Å². The number of ether oxygens (including phenoxy) is 2. The highest BCUT2D eigenvalue weighted by Crippen LogP contribution is 2.22. The third-order valence-corrected chi connectivity index (χ3v) is 10.3. The Morgan fingerprint density at radius 2 is 1.10 bits per heavy atom. The van der Waals surface area contributed by atoms with Gasteiger partial charge in [0, 0.05) is 6.42 Å². The molecule has 1 fully saturated rings. The van der Waals surface area contributed by atoms with Crippen LogP contribution in [-0.2, 0) is 14.3 Å². The van der Waals surface area contributed by atoms with Gasteiger partial charge in [0.05, 0.1) is 25.4 Å². The summed E-state index contributed by atoms with van der Waals surface area (Å²) in [6.45, 7) is 3.70. The molecule has 0 aromatic rings. The number of unbranched alkanes of at least 4 members (excludes halogenated alkanes) is 23. The molecule has 1 heterocycles. The maximum Gasteiger partial charge on any atom is 0.220 e. The lowest BCUT2D eigenvalue weighted by atomic mass is 9.99. The van der Waals surface area contributed by atoms with E-state index in [0.29, 0.717) is 6.42 Å². The van der Waals surface area contributed by atoms with Crippen LogP contribution in [0.5, 0.6) is 0 Å². The fourth-order valence-corrected chi connectivity index (χ4v) is 6.76. The first kappa shape index (κ1) is 48.7. The van der Waals surface area contributed by atoms with Gasteiger partial charge in [-0.25, -0.2) is 0 Å². The summed E-state index contributed by atoms with van der Waals surface area (Å²) in [7, 11) is 0. The quantitative estimate of drug-likeness (QED) is 0.0281. The summed E-state index contributed by atoms with van der Waals surface area (Å²) in [5, 5.41) is 53.8. The summed E-state index contributed by atoms with van der Waals surface area (Å²) < 4.78 is 11.1. The normalized spacial score (nSPS) is 22.0. The molecular weight excluding hydrogens is 658 g/mol. The smallest absolute Gasteiger partial charge is 0.220 e. The van der Waals surface area contributed by atoms with Crippen molar-refractivity contribution in [2.75, 3.05) is 13.2 Å². The van der Waals surface area contributed by atoms with Crippen molar-refractivity contribution in [3.63, 3.8) is 0 Å². The van der Waals surface area contributed by atoms with Gasteiger partial charge in [-0.1, -0.05) is 173 Å². The van der Waals surface area contributed by atoms with Gasteiger partial charge in [0.2, 0.25) is 5.91 Å². The van der Waals surface area contributed by atoms with Crippen molar-refractivity contribution in [3.8, 4) is 0 Å². The Bertz CT molecular complexity index is 868. The monoisotopic (exact) mass is 740 g/mol. The zero-order valence-corrected chi connectivity index (χ0v) is 33.3. The topological polar surface area (TPSA) is 149 Å². The Hall–Kier alpha value is -1.33. The van der Waals surface area contributed by atoms with Gasteiger partial charge in [0.25, 0.3) is 0 Å². The van der Waals surface area contributed by atoms with Gasteiger partial charge in [-0.3, -0.25) is 4.79 Å². The number of aliphatic hydroxyl groups is 5. The maximum absolute atomic E-state index is 12.8. The number of carbonyl (C=O) groups excluding carboxylic acids is 1. The highest BCUT2D eigenvalue weighted by molar-refractivity contribution is 5.76. The van der Waals surface area contributed by atoms with E-state index in [-0.39, 0.29) is 12.5 Å². The minimum atomic E-state index is -1.57. The molecule has 0 aromatic carbocycles. The minimum absolute atomic E-state index is 0.194. The number of aliphatic hydroxyl groups excluding tert-OH is 5. The van der Waals surface area contributed by atoms with Crippen molar-refractivity contribution in [2.45, 2.75) is 230 Å². The molecule has 9 heteroatoms. The van der Waals surface area contributed by atoms with Crippen LogP contribution in [0.2, 0.25) is 0 Å². The summed E-state index contributed by atoms with van der Waals surface area (Å²) in [5.41, 5.74) is 0. The molecular formula is C43H81NO8. The summed E-state index contributed by atoms with van der Waals surface area (Å²) in [5.74, 6) is -0.194.